The van der Waals surface area contributed by atoms with E-state index >= 15 is 0 Å². The first-order chi connectivity index (χ1) is 12.2. The third kappa shape index (κ3) is 4.09. The van der Waals surface area contributed by atoms with E-state index in [0.29, 0.717) is 0 Å². The SMILES string of the molecule is C[n+]1c(C=Cc2ccc(N3CCCCC3)cc2)sc2ccc(F)cc21.[I-]. The van der Waals surface area contributed by atoms with Crippen LogP contribution in [0.1, 0.15) is 29.8 Å². The van der Waals surface area contributed by atoms with Crippen LogP contribution in [-0.4, -0.2) is 13.1 Å². The van der Waals surface area contributed by atoms with Gasteiger partial charge in [0.05, 0.1) is 0 Å². The number of hydrogen-bond acceptors (Lipinski definition) is 2. The molecule has 1 saturated heterocycles. The highest BCUT2D eigenvalue weighted by atomic mass is 127. The van der Waals surface area contributed by atoms with Crippen LogP contribution in [-0.2, 0) is 7.05 Å². The van der Waals surface area contributed by atoms with E-state index in [1.54, 1.807) is 17.4 Å². The Hall–Kier alpha value is -1.47. The summed E-state index contributed by atoms with van der Waals surface area (Å²) in [5, 5.41) is 1.11. The van der Waals surface area contributed by atoms with Gasteiger partial charge in [-0.15, -0.1) is 0 Å². The summed E-state index contributed by atoms with van der Waals surface area (Å²) >= 11 is 1.68. The Morgan fingerprint density at radius 3 is 2.46 bits per heavy atom. The van der Waals surface area contributed by atoms with Gasteiger partial charge in [-0.2, -0.15) is 4.57 Å². The number of aryl methyl sites for hydroxylation is 1. The monoisotopic (exact) mass is 480 g/mol. The molecular weight excluding hydrogens is 458 g/mol. The molecule has 0 amide bonds. The summed E-state index contributed by atoms with van der Waals surface area (Å²) in [6.07, 6.45) is 8.18. The van der Waals surface area contributed by atoms with Crippen LogP contribution in [0.3, 0.4) is 0 Å². The van der Waals surface area contributed by atoms with E-state index in [2.05, 4.69) is 41.3 Å². The highest BCUT2D eigenvalue weighted by molar-refractivity contribution is 7.18. The molecule has 2 aromatic carbocycles. The molecule has 0 unspecified atom stereocenters. The number of fused-ring (bicyclic) bond motifs is 1. The molecule has 2 heterocycles. The fourth-order valence-electron chi connectivity index (χ4n) is 3.40. The number of anilines is 1. The van der Waals surface area contributed by atoms with Gasteiger partial charge in [0.2, 0.25) is 5.52 Å². The Balaban J connectivity index is 0.00000196. The largest absolute Gasteiger partial charge is 1.00 e. The molecule has 0 spiro atoms. The van der Waals surface area contributed by atoms with Crippen LogP contribution < -0.4 is 33.4 Å². The second kappa shape index (κ2) is 8.48. The van der Waals surface area contributed by atoms with Crippen LogP contribution in [0.5, 0.6) is 0 Å². The normalized spacial score (nSPS) is 14.8. The molecule has 1 aromatic heterocycles. The van der Waals surface area contributed by atoms with Gasteiger partial charge in [-0.3, -0.25) is 0 Å². The minimum Gasteiger partial charge on any atom is -1.00 e. The van der Waals surface area contributed by atoms with Crippen molar-refractivity contribution >= 4 is 39.4 Å². The van der Waals surface area contributed by atoms with E-state index in [1.807, 2.05) is 17.7 Å². The average molecular weight is 480 g/mol. The summed E-state index contributed by atoms with van der Waals surface area (Å²) in [5.41, 5.74) is 3.44. The van der Waals surface area contributed by atoms with Crippen molar-refractivity contribution in [2.75, 3.05) is 18.0 Å². The molecule has 0 bridgehead atoms. The maximum atomic E-state index is 13.4. The molecule has 3 aromatic rings. The maximum absolute atomic E-state index is 13.4. The molecule has 1 aliphatic heterocycles. The maximum Gasteiger partial charge on any atom is 0.262 e. The Bertz CT molecular complexity index is 912. The number of thiazole rings is 1. The second-order valence-corrected chi connectivity index (χ2v) is 7.65. The van der Waals surface area contributed by atoms with Gasteiger partial charge in [0.1, 0.15) is 17.6 Å². The van der Waals surface area contributed by atoms with Crippen molar-refractivity contribution in [2.24, 2.45) is 7.05 Å². The Morgan fingerprint density at radius 2 is 1.73 bits per heavy atom. The number of halogens is 2. The molecule has 4 rings (SSSR count). The van der Waals surface area contributed by atoms with Gasteiger partial charge in [-0.05, 0) is 55.2 Å². The molecule has 136 valence electrons. The standard InChI is InChI=1S/C21H22FN2S.HI/c1-23-19-15-17(22)8-11-20(19)25-21(23)12-7-16-5-9-18(10-6-16)24-13-3-2-4-14-24;/h5-12,15H,2-4,13-14H2,1H3;1H/q+1;/p-1. The van der Waals surface area contributed by atoms with Gasteiger partial charge in [0.25, 0.3) is 5.01 Å². The lowest BCUT2D eigenvalue weighted by Crippen LogP contribution is -3.00. The van der Waals surface area contributed by atoms with Gasteiger partial charge in [0.15, 0.2) is 0 Å². The quantitative estimate of drug-likeness (QED) is 0.411. The zero-order valence-corrected chi connectivity index (χ0v) is 17.8. The Kier molecular flexibility index (Phi) is 6.29. The van der Waals surface area contributed by atoms with E-state index in [-0.39, 0.29) is 29.8 Å². The molecule has 5 heteroatoms. The average Bonchev–Trinajstić information content (AvgIpc) is 2.97. The van der Waals surface area contributed by atoms with Crippen molar-refractivity contribution in [3.8, 4) is 0 Å². The number of piperidine rings is 1. The van der Waals surface area contributed by atoms with Gasteiger partial charge >= 0.3 is 0 Å². The zero-order chi connectivity index (χ0) is 17.2. The highest BCUT2D eigenvalue weighted by Crippen LogP contribution is 2.24. The summed E-state index contributed by atoms with van der Waals surface area (Å²) in [5.74, 6) is -0.190. The molecule has 26 heavy (non-hydrogen) atoms. The van der Waals surface area contributed by atoms with Crippen LogP contribution in [0, 0.1) is 5.82 Å². The molecule has 0 atom stereocenters. The lowest BCUT2D eigenvalue weighted by Gasteiger charge is -2.28. The van der Waals surface area contributed by atoms with Crippen LogP contribution in [0.25, 0.3) is 22.4 Å². The van der Waals surface area contributed by atoms with Crippen molar-refractivity contribution in [1.29, 1.82) is 0 Å². The van der Waals surface area contributed by atoms with Crippen molar-refractivity contribution in [1.82, 2.24) is 0 Å². The fraction of sp³-hybridized carbons (Fsp3) is 0.286. The number of hydrogen-bond donors (Lipinski definition) is 0. The Morgan fingerprint density at radius 1 is 1.00 bits per heavy atom. The van der Waals surface area contributed by atoms with Crippen LogP contribution >= 0.6 is 11.3 Å². The molecule has 1 aliphatic rings. The highest BCUT2D eigenvalue weighted by Gasteiger charge is 2.15. The van der Waals surface area contributed by atoms with Crippen molar-refractivity contribution in [3.05, 3.63) is 58.9 Å². The van der Waals surface area contributed by atoms with E-state index in [9.17, 15) is 4.39 Å². The third-order valence-electron chi connectivity index (χ3n) is 4.86. The number of aromatic nitrogens is 1. The summed E-state index contributed by atoms with van der Waals surface area (Å²) < 4.78 is 16.6. The fourth-order valence-corrected chi connectivity index (χ4v) is 4.43. The van der Waals surface area contributed by atoms with Crippen molar-refractivity contribution < 1.29 is 32.9 Å². The summed E-state index contributed by atoms with van der Waals surface area (Å²) in [7, 11) is 1.98. The van der Waals surface area contributed by atoms with Crippen molar-refractivity contribution in [2.45, 2.75) is 19.3 Å². The molecule has 0 aliphatic carbocycles. The number of benzene rings is 2. The summed E-state index contributed by atoms with van der Waals surface area (Å²) in [4.78, 5) is 2.47. The van der Waals surface area contributed by atoms with E-state index in [1.165, 1.54) is 49.7 Å². The third-order valence-corrected chi connectivity index (χ3v) is 6.04. The Labute approximate surface area is 175 Å². The molecule has 0 N–H and O–H groups in total. The van der Waals surface area contributed by atoms with Gasteiger partial charge < -0.3 is 28.9 Å². The molecule has 0 radical (unpaired) electrons. The predicted octanol–water partition coefficient (Wildman–Crippen LogP) is 2.03. The molecule has 2 nitrogen and oxygen atoms in total. The van der Waals surface area contributed by atoms with Crippen molar-refractivity contribution in [3.63, 3.8) is 0 Å². The molecular formula is C21H22FIN2S. The van der Waals surface area contributed by atoms with E-state index in [4.69, 9.17) is 0 Å². The van der Waals surface area contributed by atoms with Gasteiger partial charge in [-0.1, -0.05) is 23.5 Å². The lowest BCUT2D eigenvalue weighted by molar-refractivity contribution is -0.642. The predicted molar refractivity (Wildman–Crippen MR) is 104 cm³/mol. The van der Waals surface area contributed by atoms with Gasteiger partial charge in [0, 0.05) is 30.9 Å². The van der Waals surface area contributed by atoms with Crippen LogP contribution in [0.4, 0.5) is 10.1 Å². The molecule has 0 saturated carbocycles. The van der Waals surface area contributed by atoms with Crippen LogP contribution in [0.15, 0.2) is 42.5 Å². The molecule has 1 fully saturated rings. The first kappa shape index (κ1) is 19.3. The first-order valence-corrected chi connectivity index (χ1v) is 9.63. The minimum absolute atomic E-state index is 0. The van der Waals surface area contributed by atoms with Gasteiger partial charge in [-0.25, -0.2) is 4.39 Å². The number of rotatable bonds is 3. The minimum atomic E-state index is -0.190. The smallest absolute Gasteiger partial charge is 0.262 e. The summed E-state index contributed by atoms with van der Waals surface area (Å²) in [6.45, 7) is 2.34. The summed E-state index contributed by atoms with van der Waals surface area (Å²) in [6, 6.07) is 13.7. The first-order valence-electron chi connectivity index (χ1n) is 8.82. The number of nitrogens with zero attached hydrogens (tertiary/aromatic N) is 2. The zero-order valence-electron chi connectivity index (χ0n) is 14.8. The lowest BCUT2D eigenvalue weighted by atomic mass is 10.1. The van der Waals surface area contributed by atoms with E-state index in [0.717, 1.165) is 15.2 Å². The van der Waals surface area contributed by atoms with E-state index < -0.39 is 0 Å². The van der Waals surface area contributed by atoms with Crippen LogP contribution in [0.2, 0.25) is 0 Å². The topological polar surface area (TPSA) is 7.12 Å². The second-order valence-electron chi connectivity index (χ2n) is 6.58.